The molecule has 0 radical (unpaired) electrons. The van der Waals surface area contributed by atoms with Crippen molar-refractivity contribution in [3.8, 4) is 11.5 Å². The molecule has 162 valence electrons. The Morgan fingerprint density at radius 2 is 1.67 bits per heavy atom. The number of hydrogen-bond donors (Lipinski definition) is 3. The van der Waals surface area contributed by atoms with Crippen LogP contribution in [0.4, 0.5) is 0 Å². The van der Waals surface area contributed by atoms with Crippen molar-refractivity contribution in [2.24, 2.45) is 0 Å². The van der Waals surface area contributed by atoms with Gasteiger partial charge in [-0.05, 0) is 53.5 Å². The zero-order valence-corrected chi connectivity index (χ0v) is 18.0. The molecule has 0 bridgehead atoms. The Balaban J connectivity index is 1.62. The molecule has 2 heterocycles. The fourth-order valence-corrected chi connectivity index (χ4v) is 4.74. The van der Waals surface area contributed by atoms with Crippen LogP contribution in [0.15, 0.2) is 36.4 Å². The molecule has 2 aromatic carbocycles. The lowest BCUT2D eigenvalue weighted by Crippen LogP contribution is -2.52. The molecule has 0 amide bonds. The first-order valence-electron chi connectivity index (χ1n) is 10.2. The molecule has 0 aromatic heterocycles. The predicted molar refractivity (Wildman–Crippen MR) is 115 cm³/mol. The molecular weight excluding hydrogens is 404 g/mol. The van der Waals surface area contributed by atoms with Crippen LogP contribution in [-0.2, 0) is 17.6 Å². The zero-order valence-electron chi connectivity index (χ0n) is 17.2. The van der Waals surface area contributed by atoms with Crippen molar-refractivity contribution in [1.29, 1.82) is 0 Å². The van der Waals surface area contributed by atoms with Gasteiger partial charge in [-0.1, -0.05) is 31.2 Å². The van der Waals surface area contributed by atoms with E-state index in [0.717, 1.165) is 34.6 Å². The minimum atomic E-state index is -1.26. The number of aliphatic hydroxyl groups excluding tert-OH is 3. The van der Waals surface area contributed by atoms with Gasteiger partial charge in [0.15, 0.2) is 11.5 Å². The molecule has 2 aliphatic heterocycles. The molecule has 4 rings (SSSR count). The fraction of sp³-hybridized carbons (Fsp3) is 0.478. The van der Waals surface area contributed by atoms with Crippen molar-refractivity contribution in [3.05, 3.63) is 58.7 Å². The van der Waals surface area contributed by atoms with E-state index < -0.39 is 29.9 Å². The smallest absolute Gasteiger partial charge is 0.161 e. The van der Waals surface area contributed by atoms with Gasteiger partial charge < -0.3 is 29.5 Å². The van der Waals surface area contributed by atoms with Crippen molar-refractivity contribution >= 4 is 11.8 Å². The predicted octanol–water partition coefficient (Wildman–Crippen LogP) is 2.45. The normalized spacial score (nSPS) is 28.4. The van der Waals surface area contributed by atoms with E-state index in [4.69, 9.17) is 14.2 Å². The molecule has 3 N–H and O–H groups in total. The van der Waals surface area contributed by atoms with Gasteiger partial charge >= 0.3 is 0 Å². The maximum absolute atomic E-state index is 10.5. The van der Waals surface area contributed by atoms with Gasteiger partial charge in [0.05, 0.1) is 0 Å². The summed E-state index contributed by atoms with van der Waals surface area (Å²) in [4.78, 5) is 0. The maximum atomic E-state index is 10.5. The number of benzene rings is 2. The van der Waals surface area contributed by atoms with Crippen molar-refractivity contribution in [3.63, 3.8) is 0 Å². The highest BCUT2D eigenvalue weighted by molar-refractivity contribution is 7.99. The second-order valence-electron chi connectivity index (χ2n) is 7.67. The van der Waals surface area contributed by atoms with E-state index in [1.807, 2.05) is 42.7 Å². The Kier molecular flexibility index (Phi) is 6.55. The van der Waals surface area contributed by atoms with Crippen LogP contribution in [0.1, 0.15) is 35.3 Å². The lowest BCUT2D eigenvalue weighted by Gasteiger charge is -2.40. The minimum absolute atomic E-state index is 0.549. The first-order chi connectivity index (χ1) is 14.5. The number of hydrogen-bond acceptors (Lipinski definition) is 7. The van der Waals surface area contributed by atoms with Gasteiger partial charge in [-0.3, -0.25) is 0 Å². The SMILES string of the molecule is CCc1ccc([C@@H]2O[C@H](SC)[C@@H](O)[C@H](O)[C@H]2O)cc1Cc1ccc2c(c1)OCCO2. The zero-order chi connectivity index (χ0) is 21.3. The van der Waals surface area contributed by atoms with Gasteiger partial charge in [0, 0.05) is 0 Å². The number of aliphatic hydroxyl groups is 3. The quantitative estimate of drug-likeness (QED) is 0.669. The topological polar surface area (TPSA) is 88.4 Å². The Hall–Kier alpha value is -1.77. The van der Waals surface area contributed by atoms with Crippen molar-refractivity contribution in [2.75, 3.05) is 19.5 Å². The Bertz CT molecular complexity index is 886. The summed E-state index contributed by atoms with van der Waals surface area (Å²) in [7, 11) is 0. The van der Waals surface area contributed by atoms with E-state index in [2.05, 4.69) is 6.92 Å². The van der Waals surface area contributed by atoms with Crippen LogP contribution in [0, 0.1) is 0 Å². The Morgan fingerprint density at radius 3 is 2.40 bits per heavy atom. The molecule has 0 aliphatic carbocycles. The maximum Gasteiger partial charge on any atom is 0.161 e. The lowest BCUT2D eigenvalue weighted by atomic mass is 9.90. The molecule has 2 aliphatic rings. The molecule has 30 heavy (non-hydrogen) atoms. The number of aryl methyl sites for hydroxylation is 1. The van der Waals surface area contributed by atoms with E-state index in [0.29, 0.717) is 19.6 Å². The molecule has 2 aromatic rings. The van der Waals surface area contributed by atoms with E-state index in [1.165, 1.54) is 17.3 Å². The molecule has 0 spiro atoms. The molecule has 0 saturated carbocycles. The average molecular weight is 433 g/mol. The Labute approximate surface area is 180 Å². The van der Waals surface area contributed by atoms with Gasteiger partial charge in [0.1, 0.15) is 43.1 Å². The first-order valence-corrected chi connectivity index (χ1v) is 11.5. The van der Waals surface area contributed by atoms with Crippen LogP contribution in [0.25, 0.3) is 0 Å². The third-order valence-corrected chi connectivity index (χ3v) is 6.60. The van der Waals surface area contributed by atoms with E-state index in [-0.39, 0.29) is 0 Å². The van der Waals surface area contributed by atoms with Crippen molar-refractivity contribution < 1.29 is 29.5 Å². The fourth-order valence-electron chi connectivity index (χ4n) is 4.07. The molecule has 6 nitrogen and oxygen atoms in total. The second-order valence-corrected chi connectivity index (χ2v) is 8.61. The second kappa shape index (κ2) is 9.16. The van der Waals surface area contributed by atoms with E-state index in [1.54, 1.807) is 0 Å². The van der Waals surface area contributed by atoms with Crippen LogP contribution >= 0.6 is 11.8 Å². The molecule has 0 unspecified atom stereocenters. The lowest BCUT2D eigenvalue weighted by molar-refractivity contribution is -0.200. The summed E-state index contributed by atoms with van der Waals surface area (Å²) in [6, 6.07) is 12.0. The van der Waals surface area contributed by atoms with E-state index in [9.17, 15) is 15.3 Å². The molecule has 1 saturated heterocycles. The minimum Gasteiger partial charge on any atom is -0.486 e. The van der Waals surface area contributed by atoms with Crippen molar-refractivity contribution in [1.82, 2.24) is 0 Å². The summed E-state index contributed by atoms with van der Waals surface area (Å²) < 4.78 is 17.2. The van der Waals surface area contributed by atoms with Crippen LogP contribution < -0.4 is 9.47 Å². The van der Waals surface area contributed by atoms with Crippen LogP contribution in [0.2, 0.25) is 0 Å². The summed E-state index contributed by atoms with van der Waals surface area (Å²) in [6.07, 6.45) is -0.894. The molecule has 5 atom stereocenters. The van der Waals surface area contributed by atoms with Crippen molar-refractivity contribution in [2.45, 2.75) is 49.6 Å². The standard InChI is InChI=1S/C23H28O6S/c1-3-14-5-6-15(22-20(25)19(24)21(26)23(29-22)30-2)12-16(14)10-13-4-7-17-18(11-13)28-9-8-27-17/h4-7,11-12,19-26H,3,8-10H2,1-2H3/t19-,20-,21+,22+,23-/m1/s1. The third kappa shape index (κ3) is 4.18. The molecule has 7 heteroatoms. The van der Waals surface area contributed by atoms with Gasteiger partial charge in [-0.15, -0.1) is 11.8 Å². The highest BCUT2D eigenvalue weighted by Crippen LogP contribution is 2.37. The highest BCUT2D eigenvalue weighted by atomic mass is 32.2. The number of thioether (sulfide) groups is 1. The summed E-state index contributed by atoms with van der Waals surface area (Å²) in [5, 5.41) is 30.9. The first kappa shape index (κ1) is 21.5. The molecular formula is C23H28O6S. The average Bonchev–Trinajstić information content (AvgIpc) is 2.77. The summed E-state index contributed by atoms with van der Waals surface area (Å²) in [5.41, 5.74) is 3.64. The monoisotopic (exact) mass is 432 g/mol. The largest absolute Gasteiger partial charge is 0.486 e. The summed E-state index contributed by atoms with van der Waals surface area (Å²) in [6.45, 7) is 3.22. The van der Waals surface area contributed by atoms with Crippen LogP contribution in [0.3, 0.4) is 0 Å². The van der Waals surface area contributed by atoms with Crippen LogP contribution in [-0.4, -0.2) is 58.5 Å². The van der Waals surface area contributed by atoms with Gasteiger partial charge in [0.2, 0.25) is 0 Å². The Morgan fingerprint density at radius 1 is 0.900 bits per heavy atom. The molecule has 1 fully saturated rings. The van der Waals surface area contributed by atoms with E-state index >= 15 is 0 Å². The van der Waals surface area contributed by atoms with Gasteiger partial charge in [-0.25, -0.2) is 0 Å². The summed E-state index contributed by atoms with van der Waals surface area (Å²) >= 11 is 1.32. The van der Waals surface area contributed by atoms with Gasteiger partial charge in [-0.2, -0.15) is 0 Å². The summed E-state index contributed by atoms with van der Waals surface area (Å²) in [5.74, 6) is 1.53. The number of rotatable bonds is 5. The number of fused-ring (bicyclic) bond motifs is 1. The number of ether oxygens (including phenoxy) is 3. The third-order valence-electron chi connectivity index (χ3n) is 5.74. The van der Waals surface area contributed by atoms with Crippen LogP contribution in [0.5, 0.6) is 11.5 Å². The highest BCUT2D eigenvalue weighted by Gasteiger charge is 2.44. The van der Waals surface area contributed by atoms with Gasteiger partial charge in [0.25, 0.3) is 0 Å².